The number of hydrogen-bond acceptors (Lipinski definition) is 6. The topological polar surface area (TPSA) is 63.4 Å². The number of nitrogens with zero attached hydrogens (tertiary/aromatic N) is 2. The molecule has 4 rings (SSSR count). The van der Waals surface area contributed by atoms with E-state index >= 15 is 0 Å². The van der Waals surface area contributed by atoms with Gasteiger partial charge in [-0.1, -0.05) is 62.2 Å². The quantitative estimate of drug-likeness (QED) is 0.160. The summed E-state index contributed by atoms with van der Waals surface area (Å²) in [5.41, 5.74) is 7.24. The maximum atomic E-state index is 8.89. The van der Waals surface area contributed by atoms with Crippen LogP contribution in [0.4, 0.5) is 11.4 Å². The predicted octanol–water partition coefficient (Wildman–Crippen LogP) is 4.99. The SMILES string of the molecule is C#CCOCCOCCN1/C(=C/C=C/C2=[N+](CCOCCOCCO)c3ccccc3C2(C)C)C(C)(C)c2ccccc21. The van der Waals surface area contributed by atoms with E-state index in [4.69, 9.17) is 30.5 Å². The average Bonchev–Trinajstić information content (AvgIpc) is 3.35. The Morgan fingerprint density at radius 1 is 0.814 bits per heavy atom. The zero-order valence-electron chi connectivity index (χ0n) is 26.2. The van der Waals surface area contributed by atoms with Crippen molar-refractivity contribution in [3.05, 3.63) is 83.6 Å². The van der Waals surface area contributed by atoms with E-state index in [1.165, 1.54) is 33.9 Å². The summed E-state index contributed by atoms with van der Waals surface area (Å²) in [6.07, 6.45) is 12.0. The molecule has 0 saturated heterocycles. The molecule has 2 heterocycles. The van der Waals surface area contributed by atoms with Gasteiger partial charge in [0.1, 0.15) is 13.2 Å². The first-order valence-corrected chi connectivity index (χ1v) is 15.2. The van der Waals surface area contributed by atoms with Crippen molar-refractivity contribution in [2.45, 2.75) is 38.5 Å². The fourth-order valence-electron chi connectivity index (χ4n) is 6.04. The van der Waals surface area contributed by atoms with Crippen LogP contribution >= 0.6 is 0 Å². The van der Waals surface area contributed by atoms with Crippen LogP contribution in [0.1, 0.15) is 38.8 Å². The molecule has 2 aromatic carbocycles. The zero-order chi connectivity index (χ0) is 30.7. The molecule has 7 heteroatoms. The molecule has 2 aliphatic rings. The minimum absolute atomic E-state index is 0.0262. The van der Waals surface area contributed by atoms with Crippen molar-refractivity contribution in [1.82, 2.24) is 0 Å². The molecule has 2 aliphatic heterocycles. The number of aliphatic hydroxyl groups excluding tert-OH is 1. The van der Waals surface area contributed by atoms with Gasteiger partial charge in [-0.05, 0) is 31.6 Å². The second-order valence-electron chi connectivity index (χ2n) is 11.7. The van der Waals surface area contributed by atoms with Gasteiger partial charge in [0.05, 0.1) is 51.7 Å². The fraction of sp³-hybridized carbons (Fsp3) is 0.472. The van der Waals surface area contributed by atoms with E-state index in [9.17, 15) is 0 Å². The lowest BCUT2D eigenvalue weighted by Crippen LogP contribution is -2.30. The van der Waals surface area contributed by atoms with Crippen LogP contribution in [0, 0.1) is 12.3 Å². The van der Waals surface area contributed by atoms with Crippen molar-refractivity contribution < 1.29 is 28.6 Å². The Morgan fingerprint density at radius 3 is 2.21 bits per heavy atom. The Balaban J connectivity index is 1.54. The van der Waals surface area contributed by atoms with Crippen LogP contribution in [-0.2, 0) is 29.8 Å². The predicted molar refractivity (Wildman–Crippen MR) is 172 cm³/mol. The van der Waals surface area contributed by atoms with Crippen molar-refractivity contribution in [2.24, 2.45) is 0 Å². The molecular formula is C36H47N2O5+. The van der Waals surface area contributed by atoms with Crippen LogP contribution in [0.5, 0.6) is 0 Å². The van der Waals surface area contributed by atoms with E-state index in [0.29, 0.717) is 52.9 Å². The van der Waals surface area contributed by atoms with Gasteiger partial charge in [-0.2, -0.15) is 4.58 Å². The van der Waals surface area contributed by atoms with Gasteiger partial charge in [0, 0.05) is 41.1 Å². The maximum Gasteiger partial charge on any atom is 0.209 e. The highest BCUT2D eigenvalue weighted by molar-refractivity contribution is 6.03. The summed E-state index contributed by atoms with van der Waals surface area (Å²) in [6, 6.07) is 17.3. The molecule has 0 saturated carbocycles. The van der Waals surface area contributed by atoms with E-state index in [1.807, 2.05) is 0 Å². The Morgan fingerprint density at radius 2 is 1.47 bits per heavy atom. The lowest BCUT2D eigenvalue weighted by Gasteiger charge is -2.27. The molecule has 0 atom stereocenters. The summed E-state index contributed by atoms with van der Waals surface area (Å²) in [5, 5.41) is 8.89. The first-order chi connectivity index (χ1) is 20.8. The van der Waals surface area contributed by atoms with Crippen molar-refractivity contribution in [1.29, 1.82) is 0 Å². The monoisotopic (exact) mass is 587 g/mol. The fourth-order valence-corrected chi connectivity index (χ4v) is 6.04. The molecule has 0 fully saturated rings. The Bertz CT molecular complexity index is 1350. The first-order valence-electron chi connectivity index (χ1n) is 15.2. The van der Waals surface area contributed by atoms with Gasteiger partial charge in [0.15, 0.2) is 12.3 Å². The Hall–Kier alpha value is -3.25. The molecule has 0 aromatic heterocycles. The molecule has 43 heavy (non-hydrogen) atoms. The van der Waals surface area contributed by atoms with Crippen molar-refractivity contribution in [2.75, 3.05) is 77.5 Å². The lowest BCUT2D eigenvalue weighted by molar-refractivity contribution is -0.442. The minimum atomic E-state index is -0.154. The third-order valence-corrected chi connectivity index (χ3v) is 8.19. The second-order valence-corrected chi connectivity index (χ2v) is 11.7. The normalized spacial score (nSPS) is 17.6. The molecule has 0 radical (unpaired) electrons. The summed E-state index contributed by atoms with van der Waals surface area (Å²) in [5.74, 6) is 2.48. The smallest absolute Gasteiger partial charge is 0.209 e. The Kier molecular flexibility index (Phi) is 11.7. The van der Waals surface area contributed by atoms with E-state index < -0.39 is 0 Å². The number of para-hydroxylation sites is 2. The molecule has 2 aromatic rings. The van der Waals surface area contributed by atoms with Crippen LogP contribution in [0.25, 0.3) is 0 Å². The zero-order valence-corrected chi connectivity index (χ0v) is 26.2. The first kappa shape index (κ1) is 32.7. The molecule has 1 N–H and O–H groups in total. The van der Waals surface area contributed by atoms with Gasteiger partial charge < -0.3 is 29.0 Å². The summed E-state index contributed by atoms with van der Waals surface area (Å²) in [7, 11) is 0. The largest absolute Gasteiger partial charge is 0.394 e. The van der Waals surface area contributed by atoms with Gasteiger partial charge in [-0.15, -0.1) is 6.42 Å². The average molecular weight is 588 g/mol. The van der Waals surface area contributed by atoms with Crippen LogP contribution in [0.3, 0.4) is 0 Å². The number of ether oxygens (including phenoxy) is 4. The summed E-state index contributed by atoms with van der Waals surface area (Å²) in [4.78, 5) is 2.38. The second kappa shape index (κ2) is 15.5. The summed E-state index contributed by atoms with van der Waals surface area (Å²) >= 11 is 0. The highest BCUT2D eigenvalue weighted by Crippen LogP contribution is 2.47. The number of aliphatic hydroxyl groups is 1. The number of anilines is 1. The molecule has 0 amide bonds. The molecule has 0 bridgehead atoms. The lowest BCUT2D eigenvalue weighted by atomic mass is 9.81. The Labute approximate surface area is 257 Å². The number of allylic oxidation sites excluding steroid dienone is 4. The van der Waals surface area contributed by atoms with Gasteiger partial charge >= 0.3 is 0 Å². The maximum absolute atomic E-state index is 8.89. The molecule has 0 aliphatic carbocycles. The minimum Gasteiger partial charge on any atom is -0.394 e. The van der Waals surface area contributed by atoms with Crippen LogP contribution in [-0.4, -0.2) is 87.9 Å². The van der Waals surface area contributed by atoms with Crippen molar-refractivity contribution in [3.8, 4) is 12.3 Å². The van der Waals surface area contributed by atoms with Gasteiger partial charge in [-0.25, -0.2) is 0 Å². The van der Waals surface area contributed by atoms with E-state index in [2.05, 4.69) is 110 Å². The number of hydrogen-bond donors (Lipinski definition) is 1. The number of rotatable bonds is 17. The van der Waals surface area contributed by atoms with Crippen LogP contribution in [0.2, 0.25) is 0 Å². The highest BCUT2D eigenvalue weighted by atomic mass is 16.5. The van der Waals surface area contributed by atoms with Gasteiger partial charge in [-0.3, -0.25) is 0 Å². The van der Waals surface area contributed by atoms with Crippen LogP contribution in [0.15, 0.2) is 72.5 Å². The van der Waals surface area contributed by atoms with Crippen molar-refractivity contribution >= 4 is 17.1 Å². The van der Waals surface area contributed by atoms with Crippen molar-refractivity contribution in [3.63, 3.8) is 0 Å². The van der Waals surface area contributed by atoms with Gasteiger partial charge in [0.25, 0.3) is 0 Å². The van der Waals surface area contributed by atoms with E-state index in [1.54, 1.807) is 0 Å². The third kappa shape index (κ3) is 7.64. The third-order valence-electron chi connectivity index (χ3n) is 8.19. The highest BCUT2D eigenvalue weighted by Gasteiger charge is 2.44. The standard InChI is InChI=1S/C36H47N2O5/c1-6-21-40-25-26-41-22-18-37-31-14-9-7-12-29(31)35(2,3)33(37)16-11-17-34-36(4,5)30-13-8-10-15-32(30)38(34)19-23-42-27-28-43-24-20-39/h1,7-17,39H,18-28H2,2-5H3/q+1. The van der Waals surface area contributed by atoms with Gasteiger partial charge in [0.2, 0.25) is 5.69 Å². The number of benzene rings is 2. The summed E-state index contributed by atoms with van der Waals surface area (Å²) in [6.45, 7) is 14.5. The molecule has 7 nitrogen and oxygen atoms in total. The van der Waals surface area contributed by atoms with Crippen LogP contribution < -0.4 is 4.90 Å². The van der Waals surface area contributed by atoms with E-state index in [-0.39, 0.29) is 17.4 Å². The summed E-state index contributed by atoms with van der Waals surface area (Å²) < 4.78 is 24.8. The number of terminal acetylenes is 1. The van der Waals surface area contributed by atoms with E-state index in [0.717, 1.165) is 13.1 Å². The molecule has 0 spiro atoms. The number of fused-ring (bicyclic) bond motifs is 2. The molecule has 230 valence electrons. The molecule has 0 unspecified atom stereocenters. The molecular weight excluding hydrogens is 540 g/mol.